The number of benzene rings is 3. The van der Waals surface area contributed by atoms with Crippen LogP contribution in [0.4, 0.5) is 11.4 Å². The van der Waals surface area contributed by atoms with Gasteiger partial charge in [-0.2, -0.15) is 0 Å². The average Bonchev–Trinajstić information content (AvgIpc) is 3.09. The number of aliphatic imine (C=N–C) groups is 1. The number of unbranched alkanes of at least 4 members (excludes halogenated alkanes) is 1. The van der Waals surface area contributed by atoms with E-state index in [1.807, 2.05) is 77.7 Å². The van der Waals surface area contributed by atoms with Gasteiger partial charge in [0.2, 0.25) is 0 Å². The monoisotopic (exact) mass is 455 g/mol. The third kappa shape index (κ3) is 2.98. The van der Waals surface area contributed by atoms with Gasteiger partial charge >= 0.3 is 0 Å². The number of methoxy groups -OCH3 is 1. The van der Waals surface area contributed by atoms with Gasteiger partial charge in [0.1, 0.15) is 17.2 Å². The minimum Gasteiger partial charge on any atom is -0.497 e. The number of anilines is 1. The summed E-state index contributed by atoms with van der Waals surface area (Å²) in [6, 6.07) is 22.9. The van der Waals surface area contributed by atoms with Crippen molar-refractivity contribution < 1.29 is 14.6 Å². The second-order valence-electron chi connectivity index (χ2n) is 8.93. The summed E-state index contributed by atoms with van der Waals surface area (Å²) >= 11 is 0. The minimum atomic E-state index is -1.51. The van der Waals surface area contributed by atoms with E-state index < -0.39 is 11.1 Å². The fourth-order valence-corrected chi connectivity index (χ4v) is 5.26. The molecular weight excluding hydrogens is 426 g/mol. The zero-order chi connectivity index (χ0) is 23.9. The Hall–Kier alpha value is -3.64. The van der Waals surface area contributed by atoms with Gasteiger partial charge in [0.25, 0.3) is 5.91 Å². The predicted octanol–water partition coefficient (Wildman–Crippen LogP) is 4.63. The SMILES string of the molecule is CCCCNC(=O)C12c3ccccc3N=C(c3ccc(OC)cc3)N1c1ccccc1C2(C)O. The number of hydrogen-bond donors (Lipinski definition) is 2. The highest BCUT2D eigenvalue weighted by molar-refractivity contribution is 6.20. The molecular formula is C28H29N3O3. The van der Waals surface area contributed by atoms with Crippen molar-refractivity contribution in [3.05, 3.63) is 89.5 Å². The quantitative estimate of drug-likeness (QED) is 0.532. The molecule has 3 aromatic carbocycles. The number of amides is 1. The molecule has 0 fully saturated rings. The van der Waals surface area contributed by atoms with Gasteiger partial charge in [-0.05, 0) is 49.7 Å². The van der Waals surface area contributed by atoms with Crippen LogP contribution in [0.25, 0.3) is 0 Å². The second-order valence-corrected chi connectivity index (χ2v) is 8.93. The number of hydrogen-bond acceptors (Lipinski definition) is 5. The van der Waals surface area contributed by atoms with Crippen LogP contribution in [-0.4, -0.2) is 30.5 Å². The molecule has 5 rings (SSSR count). The minimum absolute atomic E-state index is 0.240. The summed E-state index contributed by atoms with van der Waals surface area (Å²) < 4.78 is 5.34. The van der Waals surface area contributed by atoms with E-state index in [-0.39, 0.29) is 5.91 Å². The molecule has 6 heteroatoms. The number of carbonyl (C=O) groups excluding carboxylic acids is 1. The molecule has 2 aliphatic heterocycles. The molecule has 2 heterocycles. The van der Waals surface area contributed by atoms with E-state index in [1.165, 1.54) is 0 Å². The predicted molar refractivity (Wildman–Crippen MR) is 134 cm³/mol. The lowest BCUT2D eigenvalue weighted by atomic mass is 9.72. The fraction of sp³-hybridized carbons (Fsp3) is 0.286. The average molecular weight is 456 g/mol. The Bertz CT molecular complexity index is 1270. The van der Waals surface area contributed by atoms with Crippen LogP contribution in [0.3, 0.4) is 0 Å². The van der Waals surface area contributed by atoms with Gasteiger partial charge in [-0.1, -0.05) is 49.7 Å². The van der Waals surface area contributed by atoms with E-state index in [0.717, 1.165) is 29.8 Å². The highest BCUT2D eigenvalue weighted by Crippen LogP contribution is 2.59. The number of aliphatic hydroxyl groups is 1. The molecule has 0 saturated carbocycles. The van der Waals surface area contributed by atoms with Gasteiger partial charge in [-0.25, -0.2) is 4.99 Å². The van der Waals surface area contributed by atoms with Crippen molar-refractivity contribution >= 4 is 23.1 Å². The maximum atomic E-state index is 14.2. The van der Waals surface area contributed by atoms with E-state index in [4.69, 9.17) is 9.73 Å². The Morgan fingerprint density at radius 2 is 1.71 bits per heavy atom. The maximum Gasteiger partial charge on any atom is 0.254 e. The van der Waals surface area contributed by atoms with Crippen molar-refractivity contribution in [2.75, 3.05) is 18.6 Å². The molecule has 3 aromatic rings. The maximum absolute atomic E-state index is 14.2. The summed E-state index contributed by atoms with van der Waals surface area (Å²) in [7, 11) is 1.63. The molecule has 0 saturated heterocycles. The third-order valence-electron chi connectivity index (χ3n) is 6.93. The normalized spacial score (nSPS) is 22.4. The van der Waals surface area contributed by atoms with Crippen LogP contribution in [-0.2, 0) is 15.9 Å². The largest absolute Gasteiger partial charge is 0.497 e. The Labute approximate surface area is 199 Å². The van der Waals surface area contributed by atoms with E-state index >= 15 is 0 Å². The Kier molecular flexibility index (Phi) is 5.41. The summed E-state index contributed by atoms with van der Waals surface area (Å²) in [4.78, 5) is 21.1. The van der Waals surface area contributed by atoms with Crippen LogP contribution in [0.1, 0.15) is 43.4 Å². The van der Waals surface area contributed by atoms with Crippen molar-refractivity contribution in [3.63, 3.8) is 0 Å². The first-order chi connectivity index (χ1) is 16.5. The van der Waals surface area contributed by atoms with Gasteiger partial charge < -0.3 is 20.1 Å². The molecule has 6 nitrogen and oxygen atoms in total. The molecule has 2 N–H and O–H groups in total. The number of rotatable bonds is 6. The van der Waals surface area contributed by atoms with Crippen LogP contribution < -0.4 is 15.0 Å². The van der Waals surface area contributed by atoms with Gasteiger partial charge in [0.05, 0.1) is 18.5 Å². The Morgan fingerprint density at radius 1 is 1.03 bits per heavy atom. The van der Waals surface area contributed by atoms with E-state index in [0.29, 0.717) is 29.2 Å². The smallest absolute Gasteiger partial charge is 0.254 e. The summed E-state index contributed by atoms with van der Waals surface area (Å²) in [5.74, 6) is 1.10. The van der Waals surface area contributed by atoms with E-state index in [9.17, 15) is 9.90 Å². The number of para-hydroxylation sites is 2. The molecule has 174 valence electrons. The lowest BCUT2D eigenvalue weighted by molar-refractivity contribution is -0.136. The highest BCUT2D eigenvalue weighted by Gasteiger charge is 2.67. The van der Waals surface area contributed by atoms with Crippen LogP contribution in [0, 0.1) is 0 Å². The summed E-state index contributed by atoms with van der Waals surface area (Å²) in [6.07, 6.45) is 1.82. The number of nitrogens with one attached hydrogen (secondary N) is 1. The van der Waals surface area contributed by atoms with Crippen molar-refractivity contribution in [1.29, 1.82) is 0 Å². The molecule has 0 spiro atoms. The van der Waals surface area contributed by atoms with Gasteiger partial charge in [0.15, 0.2) is 5.54 Å². The molecule has 2 unspecified atom stereocenters. The van der Waals surface area contributed by atoms with E-state index in [2.05, 4.69) is 12.2 Å². The summed E-state index contributed by atoms with van der Waals surface area (Å²) in [6.45, 7) is 4.36. The van der Waals surface area contributed by atoms with E-state index in [1.54, 1.807) is 14.0 Å². The molecule has 2 atom stereocenters. The van der Waals surface area contributed by atoms with Crippen molar-refractivity contribution in [1.82, 2.24) is 5.32 Å². The Balaban J connectivity index is 1.81. The zero-order valence-corrected chi connectivity index (χ0v) is 19.7. The lowest BCUT2D eigenvalue weighted by Gasteiger charge is -2.48. The summed E-state index contributed by atoms with van der Waals surface area (Å²) in [5, 5.41) is 15.4. The topological polar surface area (TPSA) is 74.2 Å². The Morgan fingerprint density at radius 3 is 2.41 bits per heavy atom. The molecule has 0 aliphatic carbocycles. The van der Waals surface area contributed by atoms with Crippen molar-refractivity contribution in [3.8, 4) is 5.75 Å². The second kappa shape index (κ2) is 8.29. The first-order valence-corrected chi connectivity index (χ1v) is 11.7. The molecule has 0 bridgehead atoms. The number of carbonyl (C=O) groups is 1. The molecule has 0 radical (unpaired) electrons. The number of fused-ring (bicyclic) bond motifs is 5. The van der Waals surface area contributed by atoms with Gasteiger partial charge in [0, 0.05) is 23.2 Å². The fourth-order valence-electron chi connectivity index (χ4n) is 5.26. The first kappa shape index (κ1) is 22.2. The van der Waals surface area contributed by atoms with Gasteiger partial charge in [-0.3, -0.25) is 4.79 Å². The molecule has 0 aromatic heterocycles. The standard InChI is InChI=1S/C28H29N3O3/c1-4-5-18-29-26(32)28-21-10-6-8-12-23(21)30-25(19-14-16-20(34-3)17-15-19)31(28)24-13-9-7-11-22(24)27(28,2)33/h6-17,33H,4-5,18H2,1-3H3,(H,29,32). The van der Waals surface area contributed by atoms with Crippen LogP contribution in [0.2, 0.25) is 0 Å². The zero-order valence-electron chi connectivity index (χ0n) is 19.7. The van der Waals surface area contributed by atoms with Crippen molar-refractivity contribution in [2.24, 2.45) is 4.99 Å². The van der Waals surface area contributed by atoms with Crippen molar-refractivity contribution in [2.45, 2.75) is 37.8 Å². The van der Waals surface area contributed by atoms with Gasteiger partial charge in [-0.15, -0.1) is 0 Å². The number of nitrogens with zero attached hydrogens (tertiary/aromatic N) is 2. The molecule has 1 amide bonds. The highest BCUT2D eigenvalue weighted by atomic mass is 16.5. The lowest BCUT2D eigenvalue weighted by Crippen LogP contribution is -2.65. The van der Waals surface area contributed by atoms with Crippen LogP contribution >= 0.6 is 0 Å². The molecule has 2 aliphatic rings. The third-order valence-corrected chi connectivity index (χ3v) is 6.93. The number of amidine groups is 1. The van der Waals surface area contributed by atoms with Crippen LogP contribution in [0.5, 0.6) is 5.75 Å². The summed E-state index contributed by atoms with van der Waals surface area (Å²) in [5.41, 5.74) is 0.710. The number of ether oxygens (including phenoxy) is 1. The molecule has 34 heavy (non-hydrogen) atoms. The van der Waals surface area contributed by atoms with Crippen LogP contribution in [0.15, 0.2) is 77.8 Å². The first-order valence-electron chi connectivity index (χ1n) is 11.7.